The molecule has 1 aromatic carbocycles. The molecule has 0 fully saturated rings. The van der Waals surface area contributed by atoms with Crippen molar-refractivity contribution in [2.24, 2.45) is 0 Å². The SMILES string of the molecule is CC(C(=O)NN(C)C)c1ccc2c(c1)CCCO2. The largest absolute Gasteiger partial charge is 0.493 e. The van der Waals surface area contributed by atoms with Gasteiger partial charge in [-0.2, -0.15) is 0 Å². The van der Waals surface area contributed by atoms with Crippen molar-refractivity contribution in [1.29, 1.82) is 0 Å². The average molecular weight is 248 g/mol. The molecule has 98 valence electrons. The Morgan fingerprint density at radius 3 is 2.94 bits per heavy atom. The molecule has 0 saturated carbocycles. The van der Waals surface area contributed by atoms with Gasteiger partial charge in [0.1, 0.15) is 5.75 Å². The van der Waals surface area contributed by atoms with E-state index in [1.807, 2.05) is 33.2 Å². The fourth-order valence-corrected chi connectivity index (χ4v) is 2.12. The van der Waals surface area contributed by atoms with Crippen LogP contribution in [0.3, 0.4) is 0 Å². The predicted octanol–water partition coefficient (Wildman–Crippen LogP) is 1.71. The van der Waals surface area contributed by atoms with Gasteiger partial charge in [-0.05, 0) is 37.0 Å². The lowest BCUT2D eigenvalue weighted by Crippen LogP contribution is -2.38. The number of nitrogens with zero attached hydrogens (tertiary/aromatic N) is 1. The molecule has 1 unspecified atom stereocenters. The summed E-state index contributed by atoms with van der Waals surface area (Å²) in [6, 6.07) is 6.04. The molecule has 1 aliphatic rings. The van der Waals surface area contributed by atoms with Gasteiger partial charge in [0.05, 0.1) is 12.5 Å². The van der Waals surface area contributed by atoms with Crippen LogP contribution in [0.2, 0.25) is 0 Å². The molecule has 4 nitrogen and oxygen atoms in total. The van der Waals surface area contributed by atoms with Gasteiger partial charge >= 0.3 is 0 Å². The second-order valence-electron chi connectivity index (χ2n) is 4.91. The minimum absolute atomic E-state index is 0.0108. The molecule has 1 atom stereocenters. The van der Waals surface area contributed by atoms with E-state index in [1.54, 1.807) is 5.01 Å². The zero-order valence-electron chi connectivity index (χ0n) is 11.2. The topological polar surface area (TPSA) is 41.6 Å². The molecule has 18 heavy (non-hydrogen) atoms. The fourth-order valence-electron chi connectivity index (χ4n) is 2.12. The number of fused-ring (bicyclic) bond motifs is 1. The van der Waals surface area contributed by atoms with E-state index < -0.39 is 0 Å². The zero-order valence-corrected chi connectivity index (χ0v) is 11.2. The van der Waals surface area contributed by atoms with Crippen LogP contribution >= 0.6 is 0 Å². The first-order chi connectivity index (χ1) is 8.58. The number of carbonyl (C=O) groups excluding carboxylic acids is 1. The number of hydrogen-bond donors (Lipinski definition) is 1. The van der Waals surface area contributed by atoms with Crippen molar-refractivity contribution >= 4 is 5.91 Å². The average Bonchev–Trinajstić information content (AvgIpc) is 2.36. The zero-order chi connectivity index (χ0) is 13.1. The van der Waals surface area contributed by atoms with E-state index in [1.165, 1.54) is 5.56 Å². The number of amides is 1. The highest BCUT2D eigenvalue weighted by Crippen LogP contribution is 2.28. The lowest BCUT2D eigenvalue weighted by Gasteiger charge is -2.21. The van der Waals surface area contributed by atoms with Crippen molar-refractivity contribution in [2.45, 2.75) is 25.7 Å². The Labute approximate surface area is 108 Å². The first-order valence-electron chi connectivity index (χ1n) is 6.31. The highest BCUT2D eigenvalue weighted by molar-refractivity contribution is 5.82. The molecule has 0 spiro atoms. The van der Waals surface area contributed by atoms with Gasteiger partial charge in [-0.25, -0.2) is 5.01 Å². The van der Waals surface area contributed by atoms with Crippen molar-refractivity contribution in [2.75, 3.05) is 20.7 Å². The van der Waals surface area contributed by atoms with Crippen molar-refractivity contribution in [3.63, 3.8) is 0 Å². The van der Waals surface area contributed by atoms with Gasteiger partial charge < -0.3 is 4.74 Å². The molecule has 1 heterocycles. The molecule has 0 radical (unpaired) electrons. The summed E-state index contributed by atoms with van der Waals surface area (Å²) in [4.78, 5) is 11.9. The van der Waals surface area contributed by atoms with E-state index in [9.17, 15) is 4.79 Å². The van der Waals surface area contributed by atoms with E-state index in [0.29, 0.717) is 0 Å². The minimum Gasteiger partial charge on any atom is -0.493 e. The second kappa shape index (κ2) is 5.40. The van der Waals surface area contributed by atoms with Gasteiger partial charge in [0.15, 0.2) is 0 Å². The lowest BCUT2D eigenvalue weighted by molar-refractivity contribution is -0.125. The molecular weight excluding hydrogens is 228 g/mol. The lowest BCUT2D eigenvalue weighted by atomic mass is 9.95. The first-order valence-corrected chi connectivity index (χ1v) is 6.31. The molecule has 4 heteroatoms. The quantitative estimate of drug-likeness (QED) is 0.828. The number of rotatable bonds is 3. The highest BCUT2D eigenvalue weighted by atomic mass is 16.5. The maximum absolute atomic E-state index is 11.9. The standard InChI is InChI=1S/C14H20N2O2/c1-10(14(17)15-16(2)3)11-6-7-13-12(9-11)5-4-8-18-13/h6-7,9-10H,4-5,8H2,1-3H3,(H,15,17). The van der Waals surface area contributed by atoms with Gasteiger partial charge in [0.25, 0.3) is 0 Å². The number of hydrogen-bond acceptors (Lipinski definition) is 3. The number of benzene rings is 1. The second-order valence-corrected chi connectivity index (χ2v) is 4.91. The van der Waals surface area contributed by atoms with Crippen molar-refractivity contribution in [3.8, 4) is 5.75 Å². The molecule has 2 rings (SSSR count). The van der Waals surface area contributed by atoms with Crippen molar-refractivity contribution in [3.05, 3.63) is 29.3 Å². The maximum Gasteiger partial charge on any atom is 0.241 e. The summed E-state index contributed by atoms with van der Waals surface area (Å²) >= 11 is 0. The van der Waals surface area contributed by atoms with E-state index in [0.717, 1.165) is 30.8 Å². The molecule has 0 aliphatic carbocycles. The summed E-state index contributed by atoms with van der Waals surface area (Å²) in [6.45, 7) is 2.72. The molecule has 0 aromatic heterocycles. The van der Waals surface area contributed by atoms with Gasteiger partial charge in [-0.1, -0.05) is 12.1 Å². The third-order valence-electron chi connectivity index (χ3n) is 3.16. The first kappa shape index (κ1) is 12.9. The van der Waals surface area contributed by atoms with Crippen molar-refractivity contribution in [1.82, 2.24) is 10.4 Å². The molecule has 1 aromatic rings. The summed E-state index contributed by atoms with van der Waals surface area (Å²) < 4.78 is 5.57. The van der Waals surface area contributed by atoms with E-state index >= 15 is 0 Å². The predicted molar refractivity (Wildman–Crippen MR) is 70.5 cm³/mol. The Bertz CT molecular complexity index is 443. The molecule has 1 aliphatic heterocycles. The van der Waals surface area contributed by atoms with E-state index in [-0.39, 0.29) is 11.8 Å². The maximum atomic E-state index is 11.9. The molecule has 0 saturated heterocycles. The molecule has 0 bridgehead atoms. The summed E-state index contributed by atoms with van der Waals surface area (Å²) in [7, 11) is 3.62. The van der Waals surface area contributed by atoms with Gasteiger partial charge in [0, 0.05) is 14.1 Å². The number of hydrazine groups is 1. The van der Waals surface area contributed by atoms with Gasteiger partial charge in [0.2, 0.25) is 5.91 Å². The summed E-state index contributed by atoms with van der Waals surface area (Å²) in [5.41, 5.74) is 5.04. The van der Waals surface area contributed by atoms with Crippen LogP contribution in [-0.4, -0.2) is 31.6 Å². The Hall–Kier alpha value is -1.55. The molecular formula is C14H20N2O2. The van der Waals surface area contributed by atoms with E-state index in [2.05, 4.69) is 11.5 Å². The van der Waals surface area contributed by atoms with Crippen molar-refractivity contribution < 1.29 is 9.53 Å². The van der Waals surface area contributed by atoms with Crippen LogP contribution in [0.25, 0.3) is 0 Å². The Morgan fingerprint density at radius 2 is 2.22 bits per heavy atom. The summed E-state index contributed by atoms with van der Waals surface area (Å²) in [5, 5.41) is 1.67. The van der Waals surface area contributed by atoms with Gasteiger partial charge in [-0.15, -0.1) is 0 Å². The van der Waals surface area contributed by atoms with Crippen LogP contribution < -0.4 is 10.2 Å². The number of nitrogens with one attached hydrogen (secondary N) is 1. The third kappa shape index (κ3) is 2.82. The van der Waals surface area contributed by atoms with Crippen LogP contribution in [0.5, 0.6) is 5.75 Å². The smallest absolute Gasteiger partial charge is 0.241 e. The minimum atomic E-state index is -0.153. The molecule has 1 N–H and O–H groups in total. The van der Waals surface area contributed by atoms with Crippen LogP contribution in [-0.2, 0) is 11.2 Å². The van der Waals surface area contributed by atoms with Crippen LogP contribution in [0.4, 0.5) is 0 Å². The normalized spacial score (nSPS) is 15.8. The Morgan fingerprint density at radius 1 is 1.44 bits per heavy atom. The molecule has 1 amide bonds. The Kier molecular flexibility index (Phi) is 3.87. The number of ether oxygens (including phenoxy) is 1. The van der Waals surface area contributed by atoms with E-state index in [4.69, 9.17) is 4.74 Å². The number of aryl methyl sites for hydroxylation is 1. The third-order valence-corrected chi connectivity index (χ3v) is 3.16. The monoisotopic (exact) mass is 248 g/mol. The van der Waals surface area contributed by atoms with Crippen LogP contribution in [0.1, 0.15) is 30.4 Å². The summed E-state index contributed by atoms with van der Waals surface area (Å²) in [5.74, 6) is 0.821. The van der Waals surface area contributed by atoms with Crippen LogP contribution in [0.15, 0.2) is 18.2 Å². The highest BCUT2D eigenvalue weighted by Gasteiger charge is 2.18. The van der Waals surface area contributed by atoms with Gasteiger partial charge in [-0.3, -0.25) is 10.2 Å². The van der Waals surface area contributed by atoms with Crippen LogP contribution in [0, 0.1) is 0 Å². The fraction of sp³-hybridized carbons (Fsp3) is 0.500. The number of carbonyl (C=O) groups is 1. The Balaban J connectivity index is 2.15. The summed E-state index contributed by atoms with van der Waals surface area (Å²) in [6.07, 6.45) is 2.08.